The third kappa shape index (κ3) is 47.6. The van der Waals surface area contributed by atoms with Crippen LogP contribution in [0.1, 0.15) is 142 Å². The van der Waals surface area contributed by atoms with E-state index in [1.165, 1.54) is 0 Å². The number of nitrogens with two attached hydrogens (primary N) is 1. The van der Waals surface area contributed by atoms with Crippen molar-refractivity contribution in [3.63, 3.8) is 0 Å². The maximum absolute atomic E-state index is 12.7. The number of aliphatic carboxylic acids is 1. The molecule has 11 heteroatoms. The Morgan fingerprint density at radius 3 is 1.23 bits per heavy atom. The standard InChI is InChI=1S/C54H84NO9P/c1-3-5-7-9-11-13-15-17-19-21-23-24-25-26-27-29-31-33-35-37-39-41-43-45-47-61-48-51(49-62-65(59,60)63-50-52(55)54(57)58)64-53(56)46-44-42-40-38-36-34-32-30-28-22-20-18-16-14-12-10-8-6-4-2/h5-8,11-14,17-20,23-24,26-28,30-31,33-34,36-37,39,51-52H,3-4,9-10,15-16,21-22,25,29,32,35,38,40-50,55H2,1-2H3,(H,57,58)(H,59,60)/b7-5-,8-6-,13-11-,14-12-,19-17-,20-18-,24-23-,27-26-,30-28-,33-31-,36-34-,39-37-. The first-order chi connectivity index (χ1) is 31.7. The van der Waals surface area contributed by atoms with Crippen LogP contribution in [-0.2, 0) is 32.7 Å². The van der Waals surface area contributed by atoms with Gasteiger partial charge in [0.2, 0.25) is 0 Å². The summed E-state index contributed by atoms with van der Waals surface area (Å²) in [5, 5.41) is 8.92. The van der Waals surface area contributed by atoms with Crippen LogP contribution in [0.25, 0.3) is 0 Å². The van der Waals surface area contributed by atoms with Crippen LogP contribution >= 0.6 is 7.82 Å². The third-order valence-corrected chi connectivity index (χ3v) is 10.1. The van der Waals surface area contributed by atoms with Gasteiger partial charge >= 0.3 is 19.8 Å². The molecule has 0 aromatic carbocycles. The molecule has 0 spiro atoms. The fourth-order valence-electron chi connectivity index (χ4n) is 5.49. The molecule has 0 saturated carbocycles. The maximum Gasteiger partial charge on any atom is 0.472 e. The summed E-state index contributed by atoms with van der Waals surface area (Å²) in [6, 6.07) is -1.50. The Balaban J connectivity index is 4.39. The lowest BCUT2D eigenvalue weighted by atomic mass is 10.1. The minimum Gasteiger partial charge on any atom is -0.480 e. The second-order valence-corrected chi connectivity index (χ2v) is 16.6. The zero-order valence-electron chi connectivity index (χ0n) is 39.8. The highest BCUT2D eigenvalue weighted by Gasteiger charge is 2.27. The fraction of sp³-hybridized carbons (Fsp3) is 0.519. The lowest BCUT2D eigenvalue weighted by Crippen LogP contribution is -2.34. The summed E-state index contributed by atoms with van der Waals surface area (Å²) in [6.07, 6.45) is 69.1. The average Bonchev–Trinajstić information content (AvgIpc) is 3.29. The highest BCUT2D eigenvalue weighted by Crippen LogP contribution is 2.43. The molecule has 0 aliphatic heterocycles. The summed E-state index contributed by atoms with van der Waals surface area (Å²) in [5.74, 6) is -1.85. The number of esters is 1. The Kier molecular flexibility index (Phi) is 44.7. The van der Waals surface area contributed by atoms with Crippen LogP contribution in [0, 0.1) is 0 Å². The van der Waals surface area contributed by atoms with Crippen LogP contribution < -0.4 is 5.73 Å². The molecule has 4 N–H and O–H groups in total. The van der Waals surface area contributed by atoms with Crippen molar-refractivity contribution in [2.75, 3.05) is 26.4 Å². The zero-order valence-corrected chi connectivity index (χ0v) is 40.7. The van der Waals surface area contributed by atoms with E-state index in [2.05, 4.69) is 160 Å². The van der Waals surface area contributed by atoms with Gasteiger partial charge in [0.25, 0.3) is 0 Å². The predicted octanol–water partition coefficient (Wildman–Crippen LogP) is 14.0. The number of ether oxygens (including phenoxy) is 2. The van der Waals surface area contributed by atoms with Gasteiger partial charge in [-0.25, -0.2) is 4.57 Å². The number of rotatable bonds is 43. The maximum atomic E-state index is 12.7. The summed E-state index contributed by atoms with van der Waals surface area (Å²) >= 11 is 0. The molecule has 0 aromatic rings. The fourth-order valence-corrected chi connectivity index (χ4v) is 6.27. The molecule has 0 amide bonds. The van der Waals surface area contributed by atoms with Crippen LogP contribution in [0.3, 0.4) is 0 Å². The van der Waals surface area contributed by atoms with Gasteiger partial charge in [-0.1, -0.05) is 166 Å². The van der Waals surface area contributed by atoms with E-state index in [0.29, 0.717) is 13.0 Å². The lowest BCUT2D eigenvalue weighted by Gasteiger charge is -2.20. The summed E-state index contributed by atoms with van der Waals surface area (Å²) < 4.78 is 33.3. The van der Waals surface area contributed by atoms with Crippen LogP contribution in [0.15, 0.2) is 146 Å². The molecule has 3 atom stereocenters. The number of unbranched alkanes of at least 4 members (excludes halogenated alkanes) is 5. The van der Waals surface area contributed by atoms with Crippen molar-refractivity contribution in [3.05, 3.63) is 146 Å². The first kappa shape index (κ1) is 60.9. The molecule has 0 radical (unpaired) electrons. The van der Waals surface area contributed by atoms with Crippen molar-refractivity contribution in [1.82, 2.24) is 0 Å². The van der Waals surface area contributed by atoms with Crippen LogP contribution in [0.2, 0.25) is 0 Å². The van der Waals surface area contributed by atoms with Gasteiger partial charge < -0.3 is 25.2 Å². The molecule has 0 aliphatic carbocycles. The molecule has 3 unspecified atom stereocenters. The van der Waals surface area contributed by atoms with Gasteiger partial charge in [0.05, 0.1) is 19.8 Å². The van der Waals surface area contributed by atoms with E-state index in [-0.39, 0.29) is 13.0 Å². The summed E-state index contributed by atoms with van der Waals surface area (Å²) in [5.41, 5.74) is 5.36. The van der Waals surface area contributed by atoms with Crippen LogP contribution in [-0.4, -0.2) is 60.5 Å². The molecule has 0 aliphatic rings. The van der Waals surface area contributed by atoms with E-state index in [1.807, 2.05) is 0 Å². The predicted molar refractivity (Wildman–Crippen MR) is 271 cm³/mol. The van der Waals surface area contributed by atoms with E-state index >= 15 is 0 Å². The quantitative estimate of drug-likeness (QED) is 0.0233. The molecule has 0 fully saturated rings. The number of hydrogen-bond acceptors (Lipinski definition) is 8. The Hall–Kier alpha value is -4.15. The Morgan fingerprint density at radius 2 is 0.846 bits per heavy atom. The van der Waals surface area contributed by atoms with Gasteiger partial charge in [-0.15, -0.1) is 0 Å². The summed E-state index contributed by atoms with van der Waals surface area (Å²) in [4.78, 5) is 33.6. The van der Waals surface area contributed by atoms with Crippen molar-refractivity contribution in [3.8, 4) is 0 Å². The largest absolute Gasteiger partial charge is 0.480 e. The van der Waals surface area contributed by atoms with Crippen LogP contribution in [0.5, 0.6) is 0 Å². The van der Waals surface area contributed by atoms with E-state index in [9.17, 15) is 19.0 Å². The lowest BCUT2D eigenvalue weighted by molar-refractivity contribution is -0.154. The highest BCUT2D eigenvalue weighted by atomic mass is 31.2. The normalized spacial score (nSPS) is 15.0. The first-order valence-electron chi connectivity index (χ1n) is 23.9. The Labute approximate surface area is 393 Å². The average molecular weight is 922 g/mol. The van der Waals surface area contributed by atoms with E-state index < -0.39 is 45.1 Å². The van der Waals surface area contributed by atoms with Gasteiger partial charge in [0, 0.05) is 13.0 Å². The summed E-state index contributed by atoms with van der Waals surface area (Å²) in [6.45, 7) is 3.46. The SMILES string of the molecule is CC/C=C\C/C=C\C/C=C\C/C=C\C/C=C\C/C=C\C/C=C\CCCCOCC(COP(=O)(O)OCC(N)C(=O)O)OC(=O)CCCCC/C=C\C/C=C\C/C=C\C/C=C\C/C=C\CC. The molecule has 0 saturated heterocycles. The molecule has 0 bridgehead atoms. The minimum absolute atomic E-state index is 0.0387. The van der Waals surface area contributed by atoms with Crippen molar-refractivity contribution in [2.24, 2.45) is 5.73 Å². The first-order valence-corrected chi connectivity index (χ1v) is 25.4. The molecule has 10 nitrogen and oxygen atoms in total. The van der Waals surface area contributed by atoms with Gasteiger partial charge in [-0.2, -0.15) is 0 Å². The van der Waals surface area contributed by atoms with Gasteiger partial charge in [0.1, 0.15) is 12.1 Å². The monoisotopic (exact) mass is 922 g/mol. The number of hydrogen-bond donors (Lipinski definition) is 3. The Morgan fingerprint density at radius 1 is 0.492 bits per heavy atom. The van der Waals surface area contributed by atoms with Gasteiger partial charge in [-0.3, -0.25) is 18.6 Å². The summed E-state index contributed by atoms with van der Waals surface area (Å²) in [7, 11) is -4.66. The Bertz CT molecular complexity index is 1580. The number of phosphoric ester groups is 1. The molecule has 364 valence electrons. The van der Waals surface area contributed by atoms with Crippen molar-refractivity contribution < 1.29 is 42.7 Å². The van der Waals surface area contributed by atoms with E-state index in [1.54, 1.807) is 0 Å². The zero-order chi connectivity index (χ0) is 47.6. The van der Waals surface area contributed by atoms with Gasteiger partial charge in [-0.05, 0) is 116 Å². The number of carbonyl (C=O) groups is 2. The van der Waals surface area contributed by atoms with Crippen molar-refractivity contribution >= 4 is 19.8 Å². The van der Waals surface area contributed by atoms with Crippen molar-refractivity contribution in [1.29, 1.82) is 0 Å². The van der Waals surface area contributed by atoms with Crippen molar-refractivity contribution in [2.45, 2.75) is 154 Å². The molecular weight excluding hydrogens is 838 g/mol. The number of carboxylic acids is 1. The van der Waals surface area contributed by atoms with Crippen LogP contribution in [0.4, 0.5) is 0 Å². The molecule has 0 rings (SSSR count). The second-order valence-electron chi connectivity index (χ2n) is 15.1. The molecule has 65 heavy (non-hydrogen) atoms. The number of phosphoric acid groups is 1. The minimum atomic E-state index is -4.66. The molecule has 0 heterocycles. The smallest absolute Gasteiger partial charge is 0.472 e. The highest BCUT2D eigenvalue weighted by molar-refractivity contribution is 7.47. The number of carbonyl (C=O) groups excluding carboxylic acids is 1. The molecular formula is C54H84NO9P. The number of carboxylic acid groups (broad SMARTS) is 1. The van der Waals surface area contributed by atoms with E-state index in [4.69, 9.17) is 29.4 Å². The topological polar surface area (TPSA) is 155 Å². The van der Waals surface area contributed by atoms with E-state index in [0.717, 1.165) is 116 Å². The molecule has 0 aromatic heterocycles. The third-order valence-electron chi connectivity index (χ3n) is 9.11. The number of allylic oxidation sites excluding steroid dienone is 24. The second kappa shape index (κ2) is 47.8. The van der Waals surface area contributed by atoms with Gasteiger partial charge in [0.15, 0.2) is 0 Å².